The van der Waals surface area contributed by atoms with Gasteiger partial charge in [-0.05, 0) is 30.5 Å². The third-order valence-electron chi connectivity index (χ3n) is 2.19. The van der Waals surface area contributed by atoms with Crippen molar-refractivity contribution in [3.8, 4) is 0 Å². The molecule has 17 heavy (non-hydrogen) atoms. The first kappa shape index (κ1) is 11.5. The Bertz CT molecular complexity index is 534. The molecule has 5 heteroatoms. The van der Waals surface area contributed by atoms with Crippen molar-refractivity contribution in [2.75, 3.05) is 0 Å². The highest BCUT2D eigenvalue weighted by molar-refractivity contribution is 7.10. The van der Waals surface area contributed by atoms with Gasteiger partial charge in [-0.15, -0.1) is 11.3 Å². The van der Waals surface area contributed by atoms with Crippen molar-refractivity contribution >= 4 is 23.5 Å². The molecule has 0 aromatic carbocycles. The Morgan fingerprint density at radius 1 is 1.53 bits per heavy atom. The number of hydrogen-bond donors (Lipinski definition) is 1. The molecule has 86 valence electrons. The van der Waals surface area contributed by atoms with Crippen molar-refractivity contribution < 1.29 is 4.79 Å². The average molecular weight is 245 g/mol. The molecule has 0 atom stereocenters. The lowest BCUT2D eigenvalue weighted by atomic mass is 10.3. The van der Waals surface area contributed by atoms with Crippen molar-refractivity contribution in [3.63, 3.8) is 0 Å². The molecule has 0 saturated carbocycles. The second-order valence-corrected chi connectivity index (χ2v) is 4.49. The number of carbonyl (C=O) groups is 1. The van der Waals surface area contributed by atoms with Crippen LogP contribution in [0.15, 0.2) is 41.1 Å². The van der Waals surface area contributed by atoms with Gasteiger partial charge >= 0.3 is 0 Å². The fourth-order valence-electron chi connectivity index (χ4n) is 1.25. The molecule has 2 aromatic heterocycles. The molecule has 0 radical (unpaired) electrons. The fraction of sp³-hybridized carbons (Fsp3) is 0.0833. The zero-order valence-corrected chi connectivity index (χ0v) is 10.1. The zero-order valence-electron chi connectivity index (χ0n) is 9.25. The van der Waals surface area contributed by atoms with Crippen LogP contribution in [0.2, 0.25) is 0 Å². The monoisotopic (exact) mass is 245 g/mol. The third kappa shape index (κ3) is 2.98. The van der Waals surface area contributed by atoms with Gasteiger partial charge in [-0.25, -0.2) is 5.43 Å². The summed E-state index contributed by atoms with van der Waals surface area (Å²) >= 11 is 1.65. The van der Waals surface area contributed by atoms with Crippen molar-refractivity contribution in [2.45, 2.75) is 6.92 Å². The Morgan fingerprint density at radius 3 is 3.06 bits per heavy atom. The molecule has 2 heterocycles. The molecule has 0 aliphatic carbocycles. The predicted octanol–water partition coefficient (Wildman–Crippen LogP) is 2.22. The van der Waals surface area contributed by atoms with Gasteiger partial charge in [-0.3, -0.25) is 9.78 Å². The van der Waals surface area contributed by atoms with Crippen molar-refractivity contribution in [1.29, 1.82) is 0 Å². The van der Waals surface area contributed by atoms with Gasteiger partial charge in [-0.2, -0.15) is 5.10 Å². The van der Waals surface area contributed by atoms with Crippen LogP contribution in [0.1, 0.15) is 20.8 Å². The van der Waals surface area contributed by atoms with Crippen LogP contribution in [-0.2, 0) is 0 Å². The topological polar surface area (TPSA) is 54.4 Å². The number of nitrogens with zero attached hydrogens (tertiary/aromatic N) is 2. The Hall–Kier alpha value is -2.01. The van der Waals surface area contributed by atoms with E-state index in [4.69, 9.17) is 0 Å². The van der Waals surface area contributed by atoms with E-state index in [1.807, 2.05) is 18.4 Å². The normalized spacial score (nSPS) is 10.6. The average Bonchev–Trinajstić information content (AvgIpc) is 2.76. The molecule has 0 saturated heterocycles. The van der Waals surface area contributed by atoms with Crippen LogP contribution in [0.5, 0.6) is 0 Å². The summed E-state index contributed by atoms with van der Waals surface area (Å²) in [4.78, 5) is 16.6. The highest BCUT2D eigenvalue weighted by Gasteiger charge is 2.02. The summed E-state index contributed by atoms with van der Waals surface area (Å²) in [6, 6.07) is 5.36. The van der Waals surface area contributed by atoms with E-state index in [9.17, 15) is 4.79 Å². The second-order valence-electron chi connectivity index (χ2n) is 3.37. The molecule has 0 unspecified atom stereocenters. The van der Waals surface area contributed by atoms with E-state index in [2.05, 4.69) is 15.5 Å². The number of aromatic nitrogens is 1. The molecule has 0 bridgehead atoms. The van der Waals surface area contributed by atoms with Gasteiger partial charge < -0.3 is 0 Å². The highest BCUT2D eigenvalue weighted by Crippen LogP contribution is 2.12. The molecule has 0 spiro atoms. The van der Waals surface area contributed by atoms with E-state index >= 15 is 0 Å². The fourth-order valence-corrected chi connectivity index (χ4v) is 1.93. The van der Waals surface area contributed by atoms with Gasteiger partial charge in [-0.1, -0.05) is 0 Å². The number of rotatable bonds is 3. The molecule has 0 fully saturated rings. The maximum atomic E-state index is 11.6. The van der Waals surface area contributed by atoms with E-state index in [1.165, 1.54) is 11.1 Å². The maximum Gasteiger partial charge on any atom is 0.272 e. The smallest absolute Gasteiger partial charge is 0.267 e. The van der Waals surface area contributed by atoms with E-state index in [0.29, 0.717) is 5.56 Å². The molecule has 2 aromatic rings. The first-order valence-electron chi connectivity index (χ1n) is 5.05. The molecule has 2 rings (SSSR count). The van der Waals surface area contributed by atoms with Crippen molar-refractivity contribution in [3.05, 3.63) is 52.0 Å². The largest absolute Gasteiger partial charge is 0.272 e. The minimum atomic E-state index is -0.262. The molecule has 1 amide bonds. The van der Waals surface area contributed by atoms with E-state index in [-0.39, 0.29) is 5.91 Å². The van der Waals surface area contributed by atoms with Crippen LogP contribution in [0.25, 0.3) is 0 Å². The van der Waals surface area contributed by atoms with Crippen LogP contribution in [0, 0.1) is 6.92 Å². The van der Waals surface area contributed by atoms with Gasteiger partial charge in [0.05, 0.1) is 11.8 Å². The van der Waals surface area contributed by atoms with Gasteiger partial charge in [0.15, 0.2) is 0 Å². The minimum Gasteiger partial charge on any atom is -0.267 e. The quantitative estimate of drug-likeness (QED) is 0.666. The summed E-state index contributed by atoms with van der Waals surface area (Å²) in [7, 11) is 0. The number of thiophene rings is 1. The lowest BCUT2D eigenvalue weighted by Crippen LogP contribution is -2.17. The van der Waals surface area contributed by atoms with Crippen molar-refractivity contribution in [1.82, 2.24) is 10.4 Å². The third-order valence-corrected chi connectivity index (χ3v) is 3.05. The van der Waals surface area contributed by atoms with E-state index in [0.717, 1.165) is 5.56 Å². The minimum absolute atomic E-state index is 0.262. The van der Waals surface area contributed by atoms with Crippen LogP contribution >= 0.6 is 11.3 Å². The summed E-state index contributed by atoms with van der Waals surface area (Å²) in [5.74, 6) is -0.262. The standard InChI is InChI=1S/C12H11N3OS/c1-9-10(4-6-17-9)8-14-15-12(16)11-3-2-5-13-7-11/h2-8H,1H3,(H,15,16)/b14-8-. The molecular weight excluding hydrogens is 234 g/mol. The lowest BCUT2D eigenvalue weighted by Gasteiger charge is -1.97. The van der Waals surface area contributed by atoms with Gasteiger partial charge in [0, 0.05) is 22.8 Å². The molecule has 0 aliphatic heterocycles. The van der Waals surface area contributed by atoms with Gasteiger partial charge in [0.25, 0.3) is 5.91 Å². The Balaban J connectivity index is 1.97. The van der Waals surface area contributed by atoms with Crippen LogP contribution in [0.3, 0.4) is 0 Å². The molecule has 1 N–H and O–H groups in total. The van der Waals surface area contributed by atoms with Gasteiger partial charge in [0.1, 0.15) is 0 Å². The number of pyridine rings is 1. The summed E-state index contributed by atoms with van der Waals surface area (Å²) in [6.45, 7) is 2.01. The SMILES string of the molecule is Cc1sccc1/C=N\NC(=O)c1cccnc1. The molecule has 4 nitrogen and oxygen atoms in total. The first-order chi connectivity index (χ1) is 8.27. The highest BCUT2D eigenvalue weighted by atomic mass is 32.1. The molecular formula is C12H11N3OS. The summed E-state index contributed by atoms with van der Waals surface area (Å²) in [5, 5.41) is 5.89. The first-order valence-corrected chi connectivity index (χ1v) is 5.93. The van der Waals surface area contributed by atoms with Crippen LogP contribution in [-0.4, -0.2) is 17.1 Å². The maximum absolute atomic E-state index is 11.6. The predicted molar refractivity (Wildman–Crippen MR) is 68.4 cm³/mol. The van der Waals surface area contributed by atoms with Gasteiger partial charge in [0.2, 0.25) is 0 Å². The summed E-state index contributed by atoms with van der Waals surface area (Å²) in [6.07, 6.45) is 4.76. The second kappa shape index (κ2) is 5.36. The number of amides is 1. The Morgan fingerprint density at radius 2 is 2.41 bits per heavy atom. The number of nitrogens with one attached hydrogen (secondary N) is 1. The lowest BCUT2D eigenvalue weighted by molar-refractivity contribution is 0.0955. The van der Waals surface area contributed by atoms with E-state index < -0.39 is 0 Å². The molecule has 0 aliphatic rings. The Kier molecular flexibility index (Phi) is 3.62. The van der Waals surface area contributed by atoms with Crippen LogP contribution < -0.4 is 5.43 Å². The van der Waals surface area contributed by atoms with Crippen LogP contribution in [0.4, 0.5) is 0 Å². The summed E-state index contributed by atoms with van der Waals surface area (Å²) < 4.78 is 0. The zero-order chi connectivity index (χ0) is 12.1. The number of aryl methyl sites for hydroxylation is 1. The van der Waals surface area contributed by atoms with E-state index in [1.54, 1.807) is 35.9 Å². The number of hydrazone groups is 1. The summed E-state index contributed by atoms with van der Waals surface area (Å²) in [5.41, 5.74) is 3.97. The number of carbonyl (C=O) groups excluding carboxylic acids is 1. The Labute approximate surface area is 103 Å². The van der Waals surface area contributed by atoms with Crippen molar-refractivity contribution in [2.24, 2.45) is 5.10 Å². The number of hydrogen-bond acceptors (Lipinski definition) is 4.